The van der Waals surface area contributed by atoms with Crippen LogP contribution in [0.3, 0.4) is 0 Å². The van der Waals surface area contributed by atoms with Gasteiger partial charge in [0.15, 0.2) is 0 Å². The molecule has 0 aliphatic carbocycles. The molecule has 0 aromatic heterocycles. The first-order valence-electron chi connectivity index (χ1n) is 2.79. The van der Waals surface area contributed by atoms with Gasteiger partial charge in [0.25, 0.3) is 0 Å². The zero-order chi connectivity index (χ0) is 7.98. The van der Waals surface area contributed by atoms with Gasteiger partial charge >= 0.3 is 0 Å². The lowest BCUT2D eigenvalue weighted by atomic mass is 10.3. The van der Waals surface area contributed by atoms with Crippen LogP contribution in [0.1, 0.15) is 0 Å². The summed E-state index contributed by atoms with van der Waals surface area (Å²) < 4.78 is 0.822. The lowest BCUT2D eigenvalue weighted by Crippen LogP contribution is -1.95. The molecule has 0 aliphatic heterocycles. The molecule has 0 heterocycles. The zero-order valence-corrected chi connectivity index (χ0v) is 7.26. The minimum Gasteiger partial charge on any atom is -0.398 e. The Morgan fingerprint density at radius 2 is 1.70 bits per heavy atom. The third-order valence-corrected chi connectivity index (χ3v) is 1.56. The second-order valence-electron chi connectivity index (χ2n) is 1.61. The normalized spacial score (nSPS) is 12.9. The van der Waals surface area contributed by atoms with Crippen molar-refractivity contribution in [1.82, 2.24) is 0 Å². The maximum atomic E-state index is 5.54. The van der Waals surface area contributed by atoms with Crippen molar-refractivity contribution < 1.29 is 0 Å². The predicted octanol–water partition coefficient (Wildman–Crippen LogP) is 2.48. The summed E-state index contributed by atoms with van der Waals surface area (Å²) in [7, 11) is 0. The van der Waals surface area contributed by atoms with Gasteiger partial charge in [-0.25, -0.2) is 0 Å². The smallest absolute Gasteiger partial charge is 0.0458 e. The van der Waals surface area contributed by atoms with E-state index in [0.717, 1.165) is 4.48 Å². The highest BCUT2D eigenvalue weighted by Gasteiger charge is 1.90. The Hall–Kier alpha value is -0.760. The van der Waals surface area contributed by atoms with Gasteiger partial charge in [-0.15, -0.1) is 0 Å². The Balaban J connectivity index is 4.33. The molecule has 0 spiro atoms. The molecule has 0 aromatic rings. The molecule has 0 unspecified atom stereocenters. The van der Waals surface area contributed by atoms with Crippen molar-refractivity contribution >= 4 is 15.9 Å². The quantitative estimate of drug-likeness (QED) is 0.695. The number of rotatable bonds is 3. The fourth-order valence-corrected chi connectivity index (χ4v) is 0.725. The number of halogens is 1. The van der Waals surface area contributed by atoms with E-state index in [1.54, 1.807) is 24.3 Å². The van der Waals surface area contributed by atoms with E-state index >= 15 is 0 Å². The van der Waals surface area contributed by atoms with Gasteiger partial charge in [-0.3, -0.25) is 0 Å². The maximum Gasteiger partial charge on any atom is 0.0458 e. The van der Waals surface area contributed by atoms with Crippen LogP contribution >= 0.6 is 15.9 Å². The van der Waals surface area contributed by atoms with Crippen molar-refractivity contribution in [1.29, 1.82) is 0 Å². The van der Waals surface area contributed by atoms with Gasteiger partial charge in [0, 0.05) is 10.2 Å². The van der Waals surface area contributed by atoms with Crippen molar-refractivity contribution in [3.63, 3.8) is 0 Å². The van der Waals surface area contributed by atoms with Crippen LogP contribution < -0.4 is 5.73 Å². The van der Waals surface area contributed by atoms with Gasteiger partial charge < -0.3 is 5.73 Å². The molecule has 10 heavy (non-hydrogen) atoms. The largest absolute Gasteiger partial charge is 0.398 e. The molecule has 0 atom stereocenters. The van der Waals surface area contributed by atoms with E-state index in [1.807, 2.05) is 0 Å². The number of hydrogen-bond acceptors (Lipinski definition) is 1. The van der Waals surface area contributed by atoms with Gasteiger partial charge in [0.05, 0.1) is 0 Å². The molecule has 0 saturated heterocycles. The van der Waals surface area contributed by atoms with Gasteiger partial charge in [-0.1, -0.05) is 25.3 Å². The summed E-state index contributed by atoms with van der Waals surface area (Å²) in [6, 6.07) is 0. The minimum absolute atomic E-state index is 0.648. The van der Waals surface area contributed by atoms with Crippen molar-refractivity contribution in [2.45, 2.75) is 0 Å². The average Bonchev–Trinajstić information content (AvgIpc) is 1.89. The van der Waals surface area contributed by atoms with Crippen LogP contribution in [-0.4, -0.2) is 0 Å². The van der Waals surface area contributed by atoms with E-state index in [2.05, 4.69) is 29.1 Å². The lowest BCUT2D eigenvalue weighted by molar-refractivity contribution is 1.41. The Morgan fingerprint density at radius 3 is 2.10 bits per heavy atom. The van der Waals surface area contributed by atoms with Crippen molar-refractivity contribution in [3.8, 4) is 0 Å². The van der Waals surface area contributed by atoms with E-state index in [1.165, 1.54) is 0 Å². The molecule has 2 N–H and O–H groups in total. The summed E-state index contributed by atoms with van der Waals surface area (Å²) in [5, 5.41) is 0. The molecule has 0 aliphatic rings. The predicted molar refractivity (Wildman–Crippen MR) is 49.7 cm³/mol. The SMILES string of the molecule is C=C/C=C(N)\C(Br)=C/C=C. The summed E-state index contributed by atoms with van der Waals surface area (Å²) >= 11 is 3.25. The molecule has 0 amide bonds. The van der Waals surface area contributed by atoms with Crippen LogP contribution in [0.2, 0.25) is 0 Å². The standard InChI is InChI=1S/C8H10BrN/c1-3-5-7(9)8(10)6-4-2/h3-6H,1-2,10H2/b7-5+,8-6+. The maximum absolute atomic E-state index is 5.54. The Bertz CT molecular complexity index is 167. The Kier molecular flexibility index (Phi) is 4.67. The minimum atomic E-state index is 0.648. The second kappa shape index (κ2) is 5.06. The first-order chi connectivity index (χ1) is 4.72. The monoisotopic (exact) mass is 199 g/mol. The highest BCUT2D eigenvalue weighted by atomic mass is 79.9. The molecule has 0 bridgehead atoms. The topological polar surface area (TPSA) is 26.0 Å². The first kappa shape index (κ1) is 9.24. The molecule has 1 nitrogen and oxygen atoms in total. The Morgan fingerprint density at radius 1 is 1.20 bits per heavy atom. The van der Waals surface area contributed by atoms with E-state index in [0.29, 0.717) is 5.70 Å². The van der Waals surface area contributed by atoms with Gasteiger partial charge in [-0.05, 0) is 28.1 Å². The number of nitrogens with two attached hydrogens (primary N) is 1. The van der Waals surface area contributed by atoms with E-state index < -0.39 is 0 Å². The summed E-state index contributed by atoms with van der Waals surface area (Å²) in [6.45, 7) is 7.04. The molecular weight excluding hydrogens is 190 g/mol. The Labute approximate surface area is 69.7 Å². The number of hydrogen-bond donors (Lipinski definition) is 1. The molecule has 0 rings (SSSR count). The van der Waals surface area contributed by atoms with Crippen LogP contribution in [0.5, 0.6) is 0 Å². The summed E-state index contributed by atoms with van der Waals surface area (Å²) in [6.07, 6.45) is 6.78. The van der Waals surface area contributed by atoms with E-state index in [-0.39, 0.29) is 0 Å². The summed E-state index contributed by atoms with van der Waals surface area (Å²) in [5.41, 5.74) is 6.19. The summed E-state index contributed by atoms with van der Waals surface area (Å²) in [5.74, 6) is 0. The highest BCUT2D eigenvalue weighted by molar-refractivity contribution is 9.12. The third-order valence-electron chi connectivity index (χ3n) is 0.837. The van der Waals surface area contributed by atoms with E-state index in [4.69, 9.17) is 5.73 Å². The molecule has 2 heteroatoms. The van der Waals surface area contributed by atoms with Gasteiger partial charge in [-0.2, -0.15) is 0 Å². The molecule has 0 radical (unpaired) electrons. The van der Waals surface area contributed by atoms with Crippen molar-refractivity contribution in [2.75, 3.05) is 0 Å². The lowest BCUT2D eigenvalue weighted by Gasteiger charge is -1.94. The van der Waals surface area contributed by atoms with Crippen molar-refractivity contribution in [3.05, 3.63) is 47.6 Å². The fraction of sp³-hybridized carbons (Fsp3) is 0. The molecule has 0 aromatic carbocycles. The third kappa shape index (κ3) is 3.30. The van der Waals surface area contributed by atoms with Crippen LogP contribution in [0, 0.1) is 0 Å². The van der Waals surface area contributed by atoms with E-state index in [9.17, 15) is 0 Å². The zero-order valence-electron chi connectivity index (χ0n) is 5.68. The first-order valence-corrected chi connectivity index (χ1v) is 3.58. The van der Waals surface area contributed by atoms with Crippen LogP contribution in [-0.2, 0) is 0 Å². The molecule has 54 valence electrons. The molecule has 0 fully saturated rings. The van der Waals surface area contributed by atoms with Crippen LogP contribution in [0.4, 0.5) is 0 Å². The fourth-order valence-electron chi connectivity index (χ4n) is 0.406. The van der Waals surface area contributed by atoms with Crippen LogP contribution in [0.15, 0.2) is 47.6 Å². The van der Waals surface area contributed by atoms with Crippen molar-refractivity contribution in [2.24, 2.45) is 5.73 Å². The number of allylic oxidation sites excluding steroid dienone is 5. The second-order valence-corrected chi connectivity index (χ2v) is 2.46. The van der Waals surface area contributed by atoms with Gasteiger partial charge in [0.1, 0.15) is 0 Å². The molecule has 0 saturated carbocycles. The molecular formula is C8H10BrN. The highest BCUT2D eigenvalue weighted by Crippen LogP contribution is 2.11. The van der Waals surface area contributed by atoms with Gasteiger partial charge in [0.2, 0.25) is 0 Å². The summed E-state index contributed by atoms with van der Waals surface area (Å²) in [4.78, 5) is 0. The average molecular weight is 200 g/mol. The van der Waals surface area contributed by atoms with Crippen LogP contribution in [0.25, 0.3) is 0 Å².